The molecule has 33 heavy (non-hydrogen) atoms. The standard InChI is InChI=1S/C23H35N5O5/c1-23(2,3)33-22(32)26-12-11-25-21(31)17-6-5-13-28(14-17)15-19(29)27-18-9-7-16(8-10-18)20(30)24-4/h7-10,17H,5-6,11-15H2,1-4H3,(H,24,30)(H,25,31)(H,26,32)(H,27,29). The fourth-order valence-corrected chi connectivity index (χ4v) is 3.47. The first-order valence-corrected chi connectivity index (χ1v) is 11.2. The van der Waals surface area contributed by atoms with Crippen molar-refractivity contribution in [2.24, 2.45) is 5.92 Å². The van der Waals surface area contributed by atoms with Crippen molar-refractivity contribution in [3.63, 3.8) is 0 Å². The highest BCUT2D eigenvalue weighted by Crippen LogP contribution is 2.17. The van der Waals surface area contributed by atoms with Crippen LogP contribution in [0.2, 0.25) is 0 Å². The van der Waals surface area contributed by atoms with E-state index in [4.69, 9.17) is 4.74 Å². The maximum atomic E-state index is 12.5. The molecule has 4 amide bonds. The molecule has 0 aromatic heterocycles. The molecule has 0 bridgehead atoms. The number of benzene rings is 1. The number of nitrogens with one attached hydrogen (secondary N) is 4. The van der Waals surface area contributed by atoms with Gasteiger partial charge in [0, 0.05) is 37.9 Å². The Morgan fingerprint density at radius 1 is 1.06 bits per heavy atom. The van der Waals surface area contributed by atoms with E-state index in [9.17, 15) is 19.2 Å². The molecule has 1 aliphatic heterocycles. The van der Waals surface area contributed by atoms with Crippen LogP contribution in [-0.2, 0) is 14.3 Å². The predicted octanol–water partition coefficient (Wildman–Crippen LogP) is 1.34. The minimum absolute atomic E-state index is 0.0871. The van der Waals surface area contributed by atoms with Crippen molar-refractivity contribution >= 4 is 29.5 Å². The minimum atomic E-state index is -0.569. The Bertz CT molecular complexity index is 835. The van der Waals surface area contributed by atoms with Crippen LogP contribution in [0.4, 0.5) is 10.5 Å². The van der Waals surface area contributed by atoms with Crippen LogP contribution in [0.1, 0.15) is 44.0 Å². The Kier molecular flexibility index (Phi) is 9.65. The first-order valence-electron chi connectivity index (χ1n) is 11.2. The minimum Gasteiger partial charge on any atom is -0.444 e. The van der Waals surface area contributed by atoms with E-state index in [-0.39, 0.29) is 36.7 Å². The van der Waals surface area contributed by atoms with Crippen LogP contribution in [0.25, 0.3) is 0 Å². The summed E-state index contributed by atoms with van der Waals surface area (Å²) in [5.41, 5.74) is 0.554. The van der Waals surface area contributed by atoms with E-state index in [0.29, 0.717) is 24.3 Å². The first-order chi connectivity index (χ1) is 15.6. The van der Waals surface area contributed by atoms with E-state index in [2.05, 4.69) is 21.3 Å². The summed E-state index contributed by atoms with van der Waals surface area (Å²) in [5, 5.41) is 10.8. The lowest BCUT2D eigenvalue weighted by Crippen LogP contribution is -2.46. The van der Waals surface area contributed by atoms with Gasteiger partial charge >= 0.3 is 6.09 Å². The number of piperidine rings is 1. The van der Waals surface area contributed by atoms with Gasteiger partial charge in [-0.2, -0.15) is 0 Å². The number of rotatable bonds is 8. The van der Waals surface area contributed by atoms with E-state index in [1.165, 1.54) is 0 Å². The zero-order valence-corrected chi connectivity index (χ0v) is 19.8. The van der Waals surface area contributed by atoms with Crippen LogP contribution < -0.4 is 21.3 Å². The van der Waals surface area contributed by atoms with Gasteiger partial charge < -0.3 is 26.0 Å². The lowest BCUT2D eigenvalue weighted by Gasteiger charge is -2.31. The molecule has 1 atom stereocenters. The summed E-state index contributed by atoms with van der Waals surface area (Å²) in [6.45, 7) is 7.35. The molecule has 182 valence electrons. The number of carbonyl (C=O) groups excluding carboxylic acids is 4. The Morgan fingerprint density at radius 3 is 2.36 bits per heavy atom. The molecule has 1 aromatic carbocycles. The molecule has 1 fully saturated rings. The fraction of sp³-hybridized carbons (Fsp3) is 0.565. The van der Waals surface area contributed by atoms with Crippen LogP contribution in [0.15, 0.2) is 24.3 Å². The van der Waals surface area contributed by atoms with Gasteiger partial charge in [0.1, 0.15) is 5.60 Å². The summed E-state index contributed by atoms with van der Waals surface area (Å²) in [5.74, 6) is -0.660. The van der Waals surface area contributed by atoms with Gasteiger partial charge in [-0.05, 0) is 64.4 Å². The van der Waals surface area contributed by atoms with Crippen LogP contribution in [0.3, 0.4) is 0 Å². The summed E-state index contributed by atoms with van der Waals surface area (Å²) in [7, 11) is 1.56. The number of anilines is 1. The highest BCUT2D eigenvalue weighted by molar-refractivity contribution is 5.96. The second-order valence-corrected chi connectivity index (χ2v) is 9.00. The molecule has 2 rings (SSSR count). The summed E-state index contributed by atoms with van der Waals surface area (Å²) in [6, 6.07) is 6.65. The number of alkyl carbamates (subject to hydrolysis) is 1. The van der Waals surface area contributed by atoms with Gasteiger partial charge in [-0.1, -0.05) is 0 Å². The van der Waals surface area contributed by atoms with Crippen molar-refractivity contribution in [1.29, 1.82) is 0 Å². The Morgan fingerprint density at radius 2 is 1.73 bits per heavy atom. The highest BCUT2D eigenvalue weighted by Gasteiger charge is 2.26. The van der Waals surface area contributed by atoms with Crippen LogP contribution in [-0.4, -0.2) is 74.1 Å². The number of carbonyl (C=O) groups is 4. The average Bonchev–Trinajstić information content (AvgIpc) is 2.75. The third-order valence-electron chi connectivity index (χ3n) is 4.99. The van der Waals surface area contributed by atoms with Crippen LogP contribution in [0.5, 0.6) is 0 Å². The predicted molar refractivity (Wildman–Crippen MR) is 125 cm³/mol. The molecule has 1 aliphatic rings. The summed E-state index contributed by atoms with van der Waals surface area (Å²) in [4.78, 5) is 50.1. The molecule has 10 heteroatoms. The van der Waals surface area contributed by atoms with Gasteiger partial charge in [0.05, 0.1) is 12.5 Å². The van der Waals surface area contributed by atoms with E-state index in [0.717, 1.165) is 19.4 Å². The smallest absolute Gasteiger partial charge is 0.407 e. The molecule has 1 saturated heterocycles. The monoisotopic (exact) mass is 461 g/mol. The molecular weight excluding hydrogens is 426 g/mol. The van der Waals surface area contributed by atoms with Gasteiger partial charge in [0.2, 0.25) is 11.8 Å². The Balaban J connectivity index is 1.72. The molecule has 1 aromatic rings. The van der Waals surface area contributed by atoms with Crippen molar-refractivity contribution < 1.29 is 23.9 Å². The molecule has 0 saturated carbocycles. The lowest BCUT2D eigenvalue weighted by atomic mass is 9.97. The zero-order chi connectivity index (χ0) is 24.4. The fourth-order valence-electron chi connectivity index (χ4n) is 3.47. The average molecular weight is 462 g/mol. The van der Waals surface area contributed by atoms with E-state index in [1.807, 2.05) is 4.90 Å². The SMILES string of the molecule is CNC(=O)c1ccc(NC(=O)CN2CCCC(C(=O)NCCNC(=O)OC(C)(C)C)C2)cc1. The van der Waals surface area contributed by atoms with E-state index >= 15 is 0 Å². The topological polar surface area (TPSA) is 129 Å². The first kappa shape index (κ1) is 26.1. The van der Waals surface area contributed by atoms with Gasteiger partial charge in [-0.3, -0.25) is 19.3 Å². The molecule has 1 heterocycles. The number of likely N-dealkylation sites (tertiary alicyclic amines) is 1. The van der Waals surface area contributed by atoms with Crippen LogP contribution >= 0.6 is 0 Å². The number of nitrogens with zero attached hydrogens (tertiary/aromatic N) is 1. The van der Waals surface area contributed by atoms with Gasteiger partial charge in [-0.15, -0.1) is 0 Å². The summed E-state index contributed by atoms with van der Waals surface area (Å²) >= 11 is 0. The normalized spacial score (nSPS) is 16.4. The molecule has 4 N–H and O–H groups in total. The quantitative estimate of drug-likeness (QED) is 0.433. The molecule has 1 unspecified atom stereocenters. The number of amides is 4. The Labute approximate surface area is 194 Å². The molecule has 0 radical (unpaired) electrons. The maximum Gasteiger partial charge on any atom is 0.407 e. The molecule has 0 aliphatic carbocycles. The second-order valence-electron chi connectivity index (χ2n) is 9.00. The summed E-state index contributed by atoms with van der Waals surface area (Å²) in [6.07, 6.45) is 1.06. The van der Waals surface area contributed by atoms with E-state index < -0.39 is 11.7 Å². The van der Waals surface area contributed by atoms with Crippen molar-refractivity contribution in [2.45, 2.75) is 39.2 Å². The molecule has 0 spiro atoms. The van der Waals surface area contributed by atoms with Gasteiger partial charge in [0.25, 0.3) is 5.91 Å². The maximum absolute atomic E-state index is 12.5. The van der Waals surface area contributed by atoms with Crippen molar-refractivity contribution in [3.05, 3.63) is 29.8 Å². The number of ether oxygens (including phenoxy) is 1. The van der Waals surface area contributed by atoms with Gasteiger partial charge in [0.15, 0.2) is 0 Å². The van der Waals surface area contributed by atoms with E-state index in [1.54, 1.807) is 52.1 Å². The lowest BCUT2D eigenvalue weighted by molar-refractivity contribution is -0.127. The van der Waals surface area contributed by atoms with Crippen molar-refractivity contribution in [2.75, 3.05) is 45.1 Å². The number of hydrogen-bond donors (Lipinski definition) is 4. The van der Waals surface area contributed by atoms with Gasteiger partial charge in [-0.25, -0.2) is 4.79 Å². The van der Waals surface area contributed by atoms with Crippen molar-refractivity contribution in [1.82, 2.24) is 20.9 Å². The molecule has 10 nitrogen and oxygen atoms in total. The number of hydrogen-bond acceptors (Lipinski definition) is 6. The second kappa shape index (κ2) is 12.2. The molecular formula is C23H35N5O5. The largest absolute Gasteiger partial charge is 0.444 e. The third kappa shape index (κ3) is 9.48. The Hall–Kier alpha value is -3.14. The highest BCUT2D eigenvalue weighted by atomic mass is 16.6. The van der Waals surface area contributed by atoms with Crippen molar-refractivity contribution in [3.8, 4) is 0 Å². The zero-order valence-electron chi connectivity index (χ0n) is 19.8. The summed E-state index contributed by atoms with van der Waals surface area (Å²) < 4.78 is 5.15. The third-order valence-corrected chi connectivity index (χ3v) is 4.99. The van der Waals surface area contributed by atoms with Crippen LogP contribution in [0, 0.1) is 5.92 Å².